The standard InChI is InChI=1S/C14H19BrN2O3/c1-4-10(3)17(8-13(18)19)14(20)16-12-6-9(2)5-11(15)7-12/h5-7,10H,4,8H2,1-3H3,(H,16,20)(H,18,19). The SMILES string of the molecule is CCC(C)N(CC(=O)O)C(=O)Nc1cc(C)cc(Br)c1. The number of hydrogen-bond acceptors (Lipinski definition) is 2. The molecule has 1 aromatic carbocycles. The number of anilines is 1. The number of benzene rings is 1. The van der Waals surface area contributed by atoms with Gasteiger partial charge in [-0.1, -0.05) is 22.9 Å². The molecule has 0 aliphatic carbocycles. The molecule has 1 aromatic rings. The van der Waals surface area contributed by atoms with Crippen molar-refractivity contribution in [2.24, 2.45) is 0 Å². The van der Waals surface area contributed by atoms with Gasteiger partial charge in [-0.15, -0.1) is 0 Å². The van der Waals surface area contributed by atoms with E-state index in [1.54, 1.807) is 6.07 Å². The van der Waals surface area contributed by atoms with Crippen LogP contribution in [0.5, 0.6) is 0 Å². The molecule has 1 atom stereocenters. The van der Waals surface area contributed by atoms with E-state index in [4.69, 9.17) is 5.11 Å². The molecule has 2 N–H and O–H groups in total. The third-order valence-electron chi connectivity index (χ3n) is 2.98. The topological polar surface area (TPSA) is 69.6 Å². The van der Waals surface area contributed by atoms with Gasteiger partial charge in [0.15, 0.2) is 0 Å². The summed E-state index contributed by atoms with van der Waals surface area (Å²) >= 11 is 3.36. The van der Waals surface area contributed by atoms with Crippen LogP contribution >= 0.6 is 15.9 Å². The maximum absolute atomic E-state index is 12.2. The minimum atomic E-state index is -1.02. The van der Waals surface area contributed by atoms with Crippen LogP contribution in [0, 0.1) is 6.92 Å². The molecule has 0 bridgehead atoms. The number of aliphatic carboxylic acids is 1. The number of urea groups is 1. The first kappa shape index (κ1) is 16.5. The van der Waals surface area contributed by atoms with Crippen molar-refractivity contribution < 1.29 is 14.7 Å². The number of carboxylic acid groups (broad SMARTS) is 1. The molecule has 0 fully saturated rings. The predicted molar refractivity (Wildman–Crippen MR) is 82.0 cm³/mol. The van der Waals surface area contributed by atoms with Gasteiger partial charge in [-0.3, -0.25) is 4.79 Å². The number of amides is 2. The molecule has 0 aliphatic heterocycles. The highest BCUT2D eigenvalue weighted by atomic mass is 79.9. The number of nitrogens with one attached hydrogen (secondary N) is 1. The van der Waals surface area contributed by atoms with E-state index in [1.807, 2.05) is 32.9 Å². The van der Waals surface area contributed by atoms with Crippen molar-refractivity contribution in [3.63, 3.8) is 0 Å². The van der Waals surface area contributed by atoms with E-state index < -0.39 is 12.0 Å². The molecule has 0 saturated carbocycles. The van der Waals surface area contributed by atoms with Crippen LogP contribution in [0.4, 0.5) is 10.5 Å². The fraction of sp³-hybridized carbons (Fsp3) is 0.429. The molecular formula is C14H19BrN2O3. The van der Waals surface area contributed by atoms with Crippen LogP contribution in [0.25, 0.3) is 0 Å². The first-order chi connectivity index (χ1) is 9.33. The van der Waals surface area contributed by atoms with Gasteiger partial charge in [-0.25, -0.2) is 4.79 Å². The molecule has 2 amide bonds. The number of aryl methyl sites for hydroxylation is 1. The van der Waals surface area contributed by atoms with E-state index in [0.717, 1.165) is 10.0 Å². The summed E-state index contributed by atoms with van der Waals surface area (Å²) in [6, 6.07) is 5.00. The fourth-order valence-electron chi connectivity index (χ4n) is 1.80. The summed E-state index contributed by atoms with van der Waals surface area (Å²) < 4.78 is 0.862. The summed E-state index contributed by atoms with van der Waals surface area (Å²) in [5.41, 5.74) is 1.64. The van der Waals surface area contributed by atoms with E-state index in [-0.39, 0.29) is 12.6 Å². The molecule has 20 heavy (non-hydrogen) atoms. The number of halogens is 1. The van der Waals surface area contributed by atoms with Crippen LogP contribution in [0.15, 0.2) is 22.7 Å². The van der Waals surface area contributed by atoms with Gasteiger partial charge < -0.3 is 15.3 Å². The molecule has 1 unspecified atom stereocenters. The molecule has 0 saturated heterocycles. The Bertz CT molecular complexity index is 485. The Morgan fingerprint density at radius 1 is 1.40 bits per heavy atom. The third kappa shape index (κ3) is 4.85. The largest absolute Gasteiger partial charge is 0.480 e. The lowest BCUT2D eigenvalue weighted by Crippen LogP contribution is -2.44. The Kier molecular flexibility index (Phi) is 6.01. The average Bonchev–Trinajstić information content (AvgIpc) is 2.33. The lowest BCUT2D eigenvalue weighted by atomic mass is 10.2. The Morgan fingerprint density at radius 3 is 2.55 bits per heavy atom. The number of carbonyl (C=O) groups excluding carboxylic acids is 1. The lowest BCUT2D eigenvalue weighted by molar-refractivity contribution is -0.138. The fourth-order valence-corrected chi connectivity index (χ4v) is 2.41. The quantitative estimate of drug-likeness (QED) is 0.860. The summed E-state index contributed by atoms with van der Waals surface area (Å²) in [5, 5.41) is 11.6. The van der Waals surface area contributed by atoms with Crippen LogP contribution in [0.3, 0.4) is 0 Å². The zero-order valence-electron chi connectivity index (χ0n) is 11.8. The van der Waals surface area contributed by atoms with Crippen molar-refractivity contribution in [1.82, 2.24) is 4.90 Å². The van der Waals surface area contributed by atoms with Gasteiger partial charge in [0.25, 0.3) is 0 Å². The second-order valence-corrected chi connectivity index (χ2v) is 5.64. The predicted octanol–water partition coefficient (Wildman–Crippen LogP) is 3.47. The smallest absolute Gasteiger partial charge is 0.323 e. The van der Waals surface area contributed by atoms with Crippen LogP contribution in [-0.2, 0) is 4.79 Å². The Hall–Kier alpha value is -1.56. The van der Waals surface area contributed by atoms with Crippen LogP contribution < -0.4 is 5.32 Å². The second-order valence-electron chi connectivity index (χ2n) is 4.73. The van der Waals surface area contributed by atoms with Gasteiger partial charge in [-0.05, 0) is 44.0 Å². The molecule has 0 heterocycles. The Balaban J connectivity index is 2.87. The number of hydrogen-bond donors (Lipinski definition) is 2. The first-order valence-corrected chi connectivity index (χ1v) is 7.19. The molecule has 0 spiro atoms. The van der Waals surface area contributed by atoms with E-state index in [0.29, 0.717) is 12.1 Å². The highest BCUT2D eigenvalue weighted by molar-refractivity contribution is 9.10. The van der Waals surface area contributed by atoms with Gasteiger partial charge in [-0.2, -0.15) is 0 Å². The summed E-state index contributed by atoms with van der Waals surface area (Å²) in [5.74, 6) is -1.02. The zero-order chi connectivity index (χ0) is 15.3. The molecule has 0 aliphatic rings. The normalized spacial score (nSPS) is 11.8. The Morgan fingerprint density at radius 2 is 2.05 bits per heavy atom. The average molecular weight is 343 g/mol. The molecule has 110 valence electrons. The van der Waals surface area contributed by atoms with Gasteiger partial charge in [0.1, 0.15) is 6.54 Å². The van der Waals surface area contributed by atoms with Crippen molar-refractivity contribution in [3.8, 4) is 0 Å². The lowest BCUT2D eigenvalue weighted by Gasteiger charge is -2.27. The van der Waals surface area contributed by atoms with E-state index in [1.165, 1.54) is 4.90 Å². The summed E-state index contributed by atoms with van der Waals surface area (Å²) in [4.78, 5) is 24.4. The van der Waals surface area contributed by atoms with Crippen LogP contribution in [-0.4, -0.2) is 34.6 Å². The minimum absolute atomic E-state index is 0.139. The first-order valence-electron chi connectivity index (χ1n) is 6.40. The van der Waals surface area contributed by atoms with Crippen molar-refractivity contribution in [3.05, 3.63) is 28.2 Å². The second kappa shape index (κ2) is 7.28. The van der Waals surface area contributed by atoms with Crippen molar-refractivity contribution in [2.75, 3.05) is 11.9 Å². The third-order valence-corrected chi connectivity index (χ3v) is 3.44. The molecule has 5 nitrogen and oxygen atoms in total. The highest BCUT2D eigenvalue weighted by Gasteiger charge is 2.21. The maximum atomic E-state index is 12.2. The molecular weight excluding hydrogens is 324 g/mol. The van der Waals surface area contributed by atoms with Gasteiger partial charge in [0.05, 0.1) is 0 Å². The molecule has 0 aromatic heterocycles. The number of nitrogens with zero attached hydrogens (tertiary/aromatic N) is 1. The summed E-state index contributed by atoms with van der Waals surface area (Å²) in [6.45, 7) is 5.35. The molecule has 6 heteroatoms. The van der Waals surface area contributed by atoms with Gasteiger partial charge in [0.2, 0.25) is 0 Å². The van der Waals surface area contributed by atoms with E-state index in [2.05, 4.69) is 21.2 Å². The van der Waals surface area contributed by atoms with Crippen molar-refractivity contribution in [1.29, 1.82) is 0 Å². The van der Waals surface area contributed by atoms with Crippen LogP contribution in [0.1, 0.15) is 25.8 Å². The monoisotopic (exact) mass is 342 g/mol. The van der Waals surface area contributed by atoms with Gasteiger partial charge >= 0.3 is 12.0 Å². The van der Waals surface area contributed by atoms with Crippen LogP contribution in [0.2, 0.25) is 0 Å². The van der Waals surface area contributed by atoms with E-state index in [9.17, 15) is 9.59 Å². The van der Waals surface area contributed by atoms with Crippen molar-refractivity contribution in [2.45, 2.75) is 33.2 Å². The van der Waals surface area contributed by atoms with Gasteiger partial charge in [0, 0.05) is 16.2 Å². The van der Waals surface area contributed by atoms with Crippen molar-refractivity contribution >= 4 is 33.6 Å². The highest BCUT2D eigenvalue weighted by Crippen LogP contribution is 2.19. The van der Waals surface area contributed by atoms with E-state index >= 15 is 0 Å². The minimum Gasteiger partial charge on any atom is -0.480 e. The number of carbonyl (C=O) groups is 2. The molecule has 0 radical (unpaired) electrons. The zero-order valence-corrected chi connectivity index (χ0v) is 13.4. The Labute approximate surface area is 127 Å². The molecule has 1 rings (SSSR count). The summed E-state index contributed by atoms with van der Waals surface area (Å²) in [7, 11) is 0. The maximum Gasteiger partial charge on any atom is 0.323 e. The summed E-state index contributed by atoms with van der Waals surface area (Å²) in [6.07, 6.45) is 0.693. The number of rotatable bonds is 5. The number of carboxylic acids is 1.